The molecule has 0 spiro atoms. The van der Waals surface area contributed by atoms with Crippen molar-refractivity contribution in [1.29, 1.82) is 0 Å². The molecule has 5 aliphatic rings. The third-order valence-electron chi connectivity index (χ3n) is 21.3. The van der Waals surface area contributed by atoms with E-state index in [9.17, 15) is 25.2 Å². The molecule has 618 valence electrons. The molecular formula is C88H108N16O9S4. The van der Waals surface area contributed by atoms with Gasteiger partial charge in [-0.3, -0.25) is 45.3 Å². The van der Waals surface area contributed by atoms with Crippen molar-refractivity contribution in [3.8, 4) is 57.1 Å². The van der Waals surface area contributed by atoms with Crippen LogP contribution in [0, 0.1) is 37.2 Å². The summed E-state index contributed by atoms with van der Waals surface area (Å²) in [6, 6.07) is 47.7. The number of aromatic nitrogens is 6. The molecule has 0 radical (unpaired) electrons. The number of hydrazone groups is 1. The molecule has 7 heterocycles. The Balaban J connectivity index is 0.000000144. The van der Waals surface area contributed by atoms with Crippen molar-refractivity contribution < 1.29 is 44.2 Å². The number of hydrogen-bond acceptors (Lipinski definition) is 22. The lowest BCUT2D eigenvalue weighted by molar-refractivity contribution is 0.0943. The molecule has 25 nitrogen and oxygen atoms in total. The number of H-pyrrole nitrogens is 2. The number of hydrazine groups is 1. The number of morpholine rings is 4. The highest BCUT2D eigenvalue weighted by atomic mass is 32.1. The predicted octanol–water partition coefficient (Wildman–Crippen LogP) is 16.1. The number of phenolic OH excluding ortho intramolecular Hbond substituents is 4. The largest absolute Gasteiger partial charge is 0.508 e. The fourth-order valence-electron chi connectivity index (χ4n) is 15.0. The van der Waals surface area contributed by atoms with Crippen molar-refractivity contribution in [3.63, 3.8) is 0 Å². The molecular weight excluding hydrogens is 1550 g/mol. The molecule has 0 saturated carbocycles. The molecule has 5 aliphatic heterocycles. The maximum atomic E-state index is 12.7. The van der Waals surface area contributed by atoms with Crippen molar-refractivity contribution >= 4 is 100 Å². The summed E-state index contributed by atoms with van der Waals surface area (Å²) in [4.78, 5) is 23.8. The number of aromatic hydroxyl groups is 4. The Labute approximate surface area is 706 Å². The summed E-state index contributed by atoms with van der Waals surface area (Å²) < 4.78 is 26.5. The van der Waals surface area contributed by atoms with Gasteiger partial charge in [-0.1, -0.05) is 67.5 Å². The van der Waals surface area contributed by atoms with Crippen LogP contribution in [-0.4, -0.2) is 178 Å². The molecule has 1 atom stereocenters. The molecule has 8 aromatic carbocycles. The van der Waals surface area contributed by atoms with Gasteiger partial charge in [0.2, 0.25) is 0 Å². The van der Waals surface area contributed by atoms with Crippen molar-refractivity contribution in [1.82, 2.24) is 45.8 Å². The minimum atomic E-state index is -0.366. The number of aryl methyl sites for hydroxylation is 4. The molecule has 0 bridgehead atoms. The van der Waals surface area contributed by atoms with E-state index in [0.29, 0.717) is 54.8 Å². The van der Waals surface area contributed by atoms with Crippen molar-refractivity contribution in [2.45, 2.75) is 112 Å². The third kappa shape index (κ3) is 20.7. The lowest BCUT2D eigenvalue weighted by atomic mass is 9.93. The zero-order chi connectivity index (χ0) is 83.3. The fraction of sp³-hybridized carbons (Fsp3) is 0.375. The van der Waals surface area contributed by atoms with E-state index in [1.165, 1.54) is 45.6 Å². The van der Waals surface area contributed by atoms with Crippen molar-refractivity contribution in [2.24, 2.45) is 5.10 Å². The number of hydrogen-bond donors (Lipinski definition) is 11. The van der Waals surface area contributed by atoms with Crippen LogP contribution >= 0.6 is 49.3 Å². The predicted molar refractivity (Wildman–Crippen MR) is 480 cm³/mol. The summed E-state index contributed by atoms with van der Waals surface area (Å²) in [6.45, 7) is 38.2. The van der Waals surface area contributed by atoms with E-state index in [2.05, 4.69) is 207 Å². The zero-order valence-electron chi connectivity index (χ0n) is 68.5. The van der Waals surface area contributed by atoms with Gasteiger partial charge in [-0.25, -0.2) is 0 Å². The van der Waals surface area contributed by atoms with Gasteiger partial charge in [0.25, 0.3) is 5.91 Å². The van der Waals surface area contributed by atoms with E-state index in [1.807, 2.05) is 86.6 Å². The number of ether oxygens (including phenoxy) is 4. The Bertz CT molecular complexity index is 5070. The second kappa shape index (κ2) is 39.2. The van der Waals surface area contributed by atoms with Crippen LogP contribution in [-0.2, 0) is 18.9 Å². The van der Waals surface area contributed by atoms with Crippen LogP contribution in [0.2, 0.25) is 0 Å². The SMILES string of the molecule is CC(C)c1cc(-c2n[nH]c(=S)n2-c2ccc(N3CCOCC3)cc2)c(O)cc1O.CC(C)c1cc(C2=NNC(S)N2c2ccc(N3CCOCC3)cc2)c(O)cc1O.Cc1cc(C)c(C(C)C)cc1-c1n[nH]c(=S)n1-c1ccc(N2CCOCC2)cc1.Cc1cc(C)c(C(C)C)cc1C(=O)NNC(=S)Nc1ccc(N2CCOCC2)cc1. The topological polar surface area (TPSA) is 279 Å². The number of rotatable bonds is 16. The number of nitrogens with zero attached hydrogens (tertiary/aromatic N) is 10. The highest BCUT2D eigenvalue weighted by Gasteiger charge is 2.31. The molecule has 15 rings (SSSR count). The smallest absolute Gasteiger partial charge is 0.269 e. The number of amides is 1. The van der Waals surface area contributed by atoms with Crippen LogP contribution in [0.4, 0.5) is 34.1 Å². The Morgan fingerprint density at radius 1 is 0.436 bits per heavy atom. The van der Waals surface area contributed by atoms with Gasteiger partial charge in [0.05, 0.1) is 75.4 Å². The van der Waals surface area contributed by atoms with Crippen LogP contribution < -0.4 is 46.1 Å². The molecule has 10 aromatic rings. The molecule has 117 heavy (non-hydrogen) atoms. The average Bonchev–Trinajstić information content (AvgIpc) is 1.63. The minimum Gasteiger partial charge on any atom is -0.508 e. The van der Waals surface area contributed by atoms with Crippen LogP contribution in [0.1, 0.15) is 139 Å². The number of carbonyl (C=O) groups excluding carboxylic acids is 1. The number of carbonyl (C=O) groups is 1. The lowest BCUT2D eigenvalue weighted by Crippen LogP contribution is -2.44. The summed E-state index contributed by atoms with van der Waals surface area (Å²) in [5, 5.41) is 63.8. The van der Waals surface area contributed by atoms with E-state index in [-0.39, 0.29) is 46.2 Å². The first-order valence-corrected chi connectivity index (χ1v) is 41.5. The highest BCUT2D eigenvalue weighted by molar-refractivity contribution is 7.81. The van der Waals surface area contributed by atoms with Gasteiger partial charge >= 0.3 is 0 Å². The Morgan fingerprint density at radius 2 is 0.786 bits per heavy atom. The first kappa shape index (κ1) is 85.9. The van der Waals surface area contributed by atoms with Crippen LogP contribution in [0.3, 0.4) is 0 Å². The van der Waals surface area contributed by atoms with Crippen LogP contribution in [0.15, 0.2) is 151 Å². The number of aromatic amines is 2. The third-order valence-corrected chi connectivity index (χ3v) is 22.4. The van der Waals surface area contributed by atoms with Crippen LogP contribution in [0.25, 0.3) is 34.2 Å². The molecule has 0 aliphatic carbocycles. The number of thiol groups is 1. The standard InChI is InChI=1S/C23H30N4O2S.C23H28N4OS.C21H26N4O3S.C21H24N4O3S/c1-15(2)20-14-21(17(4)13-16(20)3)22(28)25-26-23(30)24-18-5-7-19(8-6-18)27-9-11-29-12-10-27;1-15(2)20-14-21(17(4)13-16(20)3)22-24-25-23(29)27(22)19-7-5-18(6-8-19)26-9-11-28-12-10-26;2*1-13(2)16-11-17(19(27)12-18(16)26)20-22-23-21(29)25(20)15-5-3-14(4-6-15)24-7-9-28-10-8-24/h5-8,13-15H,9-12H2,1-4H3,(H,25,28)(H2,24,26,30);5-8,13-15H,9-12H2,1-4H3,(H,25,29);3-6,11-13,21,23,26-27,29H,7-10H2,1-2H3;3-6,11-13,26-27H,7-10H2,1-2H3,(H,23,29). The number of nitrogens with one attached hydrogen (secondary N) is 6. The van der Waals surface area contributed by atoms with Gasteiger partial charge in [-0.15, -0.1) is 12.6 Å². The monoisotopic (exact) mass is 1660 g/mol. The summed E-state index contributed by atoms with van der Waals surface area (Å²) >= 11 is 21.0. The molecule has 4 saturated heterocycles. The summed E-state index contributed by atoms with van der Waals surface area (Å²) in [5.74, 6) is 2.79. The molecule has 1 amide bonds. The molecule has 2 aromatic heterocycles. The van der Waals surface area contributed by atoms with Gasteiger partial charge in [-0.2, -0.15) is 15.3 Å². The number of thiocarbonyl (C=S) groups is 1. The van der Waals surface area contributed by atoms with Crippen molar-refractivity contribution in [3.05, 3.63) is 211 Å². The number of amidine groups is 1. The summed E-state index contributed by atoms with van der Waals surface area (Å²) in [7, 11) is 0. The van der Waals surface area contributed by atoms with Crippen molar-refractivity contribution in [2.75, 3.05) is 135 Å². The molecule has 10 N–H and O–H groups in total. The maximum absolute atomic E-state index is 12.7. The second-order valence-electron chi connectivity index (χ2n) is 30.7. The van der Waals surface area contributed by atoms with Gasteiger partial charge in [0.15, 0.2) is 37.6 Å². The van der Waals surface area contributed by atoms with E-state index >= 15 is 0 Å². The number of benzene rings is 8. The second-order valence-corrected chi connectivity index (χ2v) is 32.4. The highest BCUT2D eigenvalue weighted by Crippen LogP contribution is 2.40. The van der Waals surface area contributed by atoms with E-state index in [0.717, 1.165) is 173 Å². The van der Waals surface area contributed by atoms with E-state index in [1.54, 1.807) is 16.7 Å². The zero-order valence-corrected chi connectivity index (χ0v) is 71.9. The van der Waals surface area contributed by atoms with Gasteiger partial charge < -0.3 is 64.3 Å². The Morgan fingerprint density at radius 3 is 1.21 bits per heavy atom. The lowest BCUT2D eigenvalue weighted by Gasteiger charge is -2.30. The van der Waals surface area contributed by atoms with Crippen LogP contribution in [0.5, 0.6) is 23.0 Å². The summed E-state index contributed by atoms with van der Waals surface area (Å²) in [5.41, 5.74) is 27.8. The summed E-state index contributed by atoms with van der Waals surface area (Å²) in [6.07, 6.45) is 0. The maximum Gasteiger partial charge on any atom is 0.269 e. The van der Waals surface area contributed by atoms with E-state index < -0.39 is 0 Å². The fourth-order valence-corrected chi connectivity index (χ4v) is 16.0. The first-order valence-electron chi connectivity index (χ1n) is 39.8. The number of anilines is 6. The normalized spacial score (nSPS) is 15.6. The number of phenols is 4. The van der Waals surface area contributed by atoms with E-state index in [4.69, 9.17) is 55.6 Å². The molecule has 29 heteroatoms. The first-order chi connectivity index (χ1) is 56.2. The quantitative estimate of drug-likeness (QED) is 0.0244. The van der Waals surface area contributed by atoms with Gasteiger partial charge in [0, 0.05) is 110 Å². The Hall–Kier alpha value is -10.5. The van der Waals surface area contributed by atoms with Gasteiger partial charge in [-0.05, 0) is 254 Å². The molecule has 1 unspecified atom stereocenters. The average molecular weight is 1660 g/mol. The molecule has 4 fully saturated rings. The Kier molecular flexibility index (Phi) is 28.7. The minimum absolute atomic E-state index is 0.0233. The van der Waals surface area contributed by atoms with Gasteiger partial charge in [0.1, 0.15) is 23.0 Å².